The fourth-order valence-electron chi connectivity index (χ4n) is 1.68. The van der Waals surface area contributed by atoms with Crippen molar-refractivity contribution in [1.29, 1.82) is 0 Å². The maximum absolute atomic E-state index is 5.67. The maximum atomic E-state index is 5.67. The zero-order chi connectivity index (χ0) is 13.0. The van der Waals surface area contributed by atoms with Crippen LogP contribution in [0.25, 0.3) is 0 Å². The van der Waals surface area contributed by atoms with Gasteiger partial charge < -0.3 is 20.1 Å². The molecule has 0 aromatic heterocycles. The lowest BCUT2D eigenvalue weighted by atomic mass is 10.1. The Balaban J connectivity index is 2.04. The molecule has 0 aliphatic carbocycles. The van der Waals surface area contributed by atoms with Crippen molar-refractivity contribution in [1.82, 2.24) is 5.32 Å². The highest BCUT2D eigenvalue weighted by molar-refractivity contribution is 5.55. The first kappa shape index (κ1) is 13.0. The van der Waals surface area contributed by atoms with Crippen LogP contribution in [0.2, 0.25) is 0 Å². The van der Waals surface area contributed by atoms with Gasteiger partial charge in [-0.1, -0.05) is 0 Å². The number of anilines is 1. The second-order valence-corrected chi connectivity index (χ2v) is 5.20. The number of likely N-dealkylation sites (N-methyl/N-ethyl adjacent to an activating group) is 1. The lowest BCUT2D eigenvalue weighted by Gasteiger charge is -2.25. The molecule has 0 fully saturated rings. The summed E-state index contributed by atoms with van der Waals surface area (Å²) in [5.74, 6) is 1.67. The molecule has 4 heteroatoms. The molecular weight excluding hydrogens is 228 g/mol. The van der Waals surface area contributed by atoms with E-state index in [1.165, 1.54) is 0 Å². The van der Waals surface area contributed by atoms with Crippen LogP contribution < -0.4 is 20.1 Å². The van der Waals surface area contributed by atoms with Crippen molar-refractivity contribution in [3.63, 3.8) is 0 Å². The Hall–Kier alpha value is -1.42. The SMILES string of the molecule is CNC(C)(C)CNc1ccc2c(c1)OCCCO2. The molecule has 0 atom stereocenters. The fourth-order valence-corrected chi connectivity index (χ4v) is 1.68. The van der Waals surface area contributed by atoms with Gasteiger partial charge in [-0.05, 0) is 33.0 Å². The summed E-state index contributed by atoms with van der Waals surface area (Å²) in [5.41, 5.74) is 1.12. The van der Waals surface area contributed by atoms with E-state index in [0.717, 1.165) is 43.4 Å². The molecule has 18 heavy (non-hydrogen) atoms. The lowest BCUT2D eigenvalue weighted by molar-refractivity contribution is 0.297. The molecule has 2 rings (SSSR count). The highest BCUT2D eigenvalue weighted by atomic mass is 16.5. The maximum Gasteiger partial charge on any atom is 0.163 e. The van der Waals surface area contributed by atoms with Crippen LogP contribution in [0, 0.1) is 0 Å². The van der Waals surface area contributed by atoms with Crippen molar-refractivity contribution in [2.24, 2.45) is 0 Å². The van der Waals surface area contributed by atoms with E-state index in [9.17, 15) is 0 Å². The third-order valence-corrected chi connectivity index (χ3v) is 3.16. The van der Waals surface area contributed by atoms with E-state index in [2.05, 4.69) is 24.5 Å². The van der Waals surface area contributed by atoms with E-state index in [4.69, 9.17) is 9.47 Å². The molecule has 1 aromatic carbocycles. The van der Waals surface area contributed by atoms with E-state index < -0.39 is 0 Å². The van der Waals surface area contributed by atoms with Crippen molar-refractivity contribution in [3.05, 3.63) is 18.2 Å². The Labute approximate surface area is 109 Å². The predicted octanol–water partition coefficient (Wildman–Crippen LogP) is 2.26. The standard InChI is InChI=1S/C14H22N2O2/c1-14(2,15-3)10-16-11-5-6-12-13(9-11)18-8-4-7-17-12/h5-6,9,15-16H,4,7-8,10H2,1-3H3. The van der Waals surface area contributed by atoms with Crippen LogP contribution in [-0.2, 0) is 0 Å². The van der Waals surface area contributed by atoms with E-state index in [1.807, 2.05) is 25.2 Å². The molecular formula is C14H22N2O2. The van der Waals surface area contributed by atoms with E-state index in [1.54, 1.807) is 0 Å². The molecule has 4 nitrogen and oxygen atoms in total. The van der Waals surface area contributed by atoms with Gasteiger partial charge in [0.25, 0.3) is 0 Å². The van der Waals surface area contributed by atoms with Crippen molar-refractivity contribution in [2.45, 2.75) is 25.8 Å². The molecule has 2 N–H and O–H groups in total. The van der Waals surface area contributed by atoms with Gasteiger partial charge in [-0.15, -0.1) is 0 Å². The topological polar surface area (TPSA) is 42.5 Å². The number of rotatable bonds is 4. The molecule has 0 unspecified atom stereocenters. The highest BCUT2D eigenvalue weighted by Crippen LogP contribution is 2.32. The molecule has 1 heterocycles. The largest absolute Gasteiger partial charge is 0.490 e. The molecule has 0 saturated heterocycles. The summed E-state index contributed by atoms with van der Waals surface area (Å²) in [7, 11) is 1.97. The third kappa shape index (κ3) is 3.29. The fraction of sp³-hybridized carbons (Fsp3) is 0.571. The molecule has 1 aromatic rings. The minimum absolute atomic E-state index is 0.0597. The minimum Gasteiger partial charge on any atom is -0.490 e. The summed E-state index contributed by atoms with van der Waals surface area (Å²) in [6, 6.07) is 6.00. The molecule has 1 aliphatic heterocycles. The van der Waals surface area contributed by atoms with Crippen LogP contribution in [0.15, 0.2) is 18.2 Å². The number of hydrogen-bond acceptors (Lipinski definition) is 4. The Bertz CT molecular complexity index is 405. The first-order valence-electron chi connectivity index (χ1n) is 6.43. The lowest BCUT2D eigenvalue weighted by Crippen LogP contribution is -2.42. The molecule has 0 bridgehead atoms. The van der Waals surface area contributed by atoms with Crippen LogP contribution in [0.5, 0.6) is 11.5 Å². The normalized spacial score (nSPS) is 15.1. The van der Waals surface area contributed by atoms with Gasteiger partial charge in [0.15, 0.2) is 11.5 Å². The van der Waals surface area contributed by atoms with Gasteiger partial charge >= 0.3 is 0 Å². The van der Waals surface area contributed by atoms with E-state index in [0.29, 0.717) is 0 Å². The van der Waals surface area contributed by atoms with E-state index >= 15 is 0 Å². The second kappa shape index (κ2) is 5.48. The average molecular weight is 250 g/mol. The number of ether oxygens (including phenoxy) is 2. The van der Waals surface area contributed by atoms with Crippen LogP contribution in [0.3, 0.4) is 0 Å². The first-order chi connectivity index (χ1) is 8.61. The first-order valence-corrected chi connectivity index (χ1v) is 6.43. The van der Waals surface area contributed by atoms with Gasteiger partial charge in [-0.25, -0.2) is 0 Å². The zero-order valence-corrected chi connectivity index (χ0v) is 11.4. The van der Waals surface area contributed by atoms with Crippen LogP contribution in [0.1, 0.15) is 20.3 Å². The van der Waals surface area contributed by atoms with E-state index in [-0.39, 0.29) is 5.54 Å². The zero-order valence-electron chi connectivity index (χ0n) is 11.4. The smallest absolute Gasteiger partial charge is 0.163 e. The molecule has 0 saturated carbocycles. The van der Waals surface area contributed by atoms with Crippen molar-refractivity contribution in [2.75, 3.05) is 32.1 Å². The summed E-state index contributed by atoms with van der Waals surface area (Å²) in [6.45, 7) is 6.61. The molecule has 0 amide bonds. The predicted molar refractivity (Wildman–Crippen MR) is 73.7 cm³/mol. The number of nitrogens with one attached hydrogen (secondary N) is 2. The summed E-state index contributed by atoms with van der Waals surface area (Å²) in [5, 5.41) is 6.67. The number of hydrogen-bond donors (Lipinski definition) is 2. The van der Waals surface area contributed by atoms with Gasteiger partial charge in [0.05, 0.1) is 13.2 Å². The summed E-state index contributed by atoms with van der Waals surface area (Å²) >= 11 is 0. The number of benzene rings is 1. The summed E-state index contributed by atoms with van der Waals surface area (Å²) in [6.07, 6.45) is 0.935. The molecule has 0 radical (unpaired) electrons. The van der Waals surface area contributed by atoms with Gasteiger partial charge in [0.1, 0.15) is 0 Å². The van der Waals surface area contributed by atoms with Gasteiger partial charge in [0.2, 0.25) is 0 Å². The van der Waals surface area contributed by atoms with Gasteiger partial charge in [0, 0.05) is 30.3 Å². The Morgan fingerprint density at radius 3 is 2.61 bits per heavy atom. The molecule has 1 aliphatic rings. The van der Waals surface area contributed by atoms with Crippen molar-refractivity contribution in [3.8, 4) is 11.5 Å². The van der Waals surface area contributed by atoms with Crippen LogP contribution in [0.4, 0.5) is 5.69 Å². The monoisotopic (exact) mass is 250 g/mol. The highest BCUT2D eigenvalue weighted by Gasteiger charge is 2.15. The summed E-state index contributed by atoms with van der Waals surface area (Å²) < 4.78 is 11.3. The number of fused-ring (bicyclic) bond motifs is 1. The Morgan fingerprint density at radius 2 is 1.89 bits per heavy atom. The second-order valence-electron chi connectivity index (χ2n) is 5.20. The average Bonchev–Trinajstić information content (AvgIpc) is 2.61. The quantitative estimate of drug-likeness (QED) is 0.860. The minimum atomic E-state index is 0.0597. The van der Waals surface area contributed by atoms with Crippen LogP contribution >= 0.6 is 0 Å². The Morgan fingerprint density at radius 1 is 1.17 bits per heavy atom. The van der Waals surface area contributed by atoms with Crippen molar-refractivity contribution < 1.29 is 9.47 Å². The van der Waals surface area contributed by atoms with Crippen LogP contribution in [-0.4, -0.2) is 32.3 Å². The molecule has 100 valence electrons. The van der Waals surface area contributed by atoms with Crippen molar-refractivity contribution >= 4 is 5.69 Å². The van der Waals surface area contributed by atoms with Gasteiger partial charge in [-0.3, -0.25) is 0 Å². The molecule has 0 spiro atoms. The summed E-state index contributed by atoms with van der Waals surface area (Å²) in [4.78, 5) is 0. The Kier molecular flexibility index (Phi) is 3.97. The third-order valence-electron chi connectivity index (χ3n) is 3.16. The van der Waals surface area contributed by atoms with Gasteiger partial charge in [-0.2, -0.15) is 0 Å².